The van der Waals surface area contributed by atoms with E-state index in [4.69, 9.17) is 5.11 Å². The van der Waals surface area contributed by atoms with Crippen LogP contribution in [0.4, 0.5) is 4.79 Å². The maximum atomic E-state index is 10.7. The molecule has 1 atom stereocenters. The Hall–Kier alpha value is -0.770. The van der Waals surface area contributed by atoms with Crippen LogP contribution in [0.15, 0.2) is 0 Å². The molecule has 1 N–H and O–H groups in total. The Kier molecular flexibility index (Phi) is 3.54. The molecule has 1 unspecified atom stereocenters. The third kappa shape index (κ3) is 2.59. The van der Waals surface area contributed by atoms with Gasteiger partial charge in [0.15, 0.2) is 0 Å². The van der Waals surface area contributed by atoms with Crippen molar-refractivity contribution in [3.63, 3.8) is 0 Å². The first-order chi connectivity index (χ1) is 6.15. The molecule has 1 heterocycles. The summed E-state index contributed by atoms with van der Waals surface area (Å²) in [7, 11) is 0. The standard InChI is InChI=1S/C9H18N2O2/c1-3-4-10-5-6-11(9(12)13)8(2)7-10/h8H,3-7H2,1-2H3,(H,12,13). The minimum absolute atomic E-state index is 0.137. The summed E-state index contributed by atoms with van der Waals surface area (Å²) in [4.78, 5) is 14.6. The predicted octanol–water partition coefficient (Wildman–Crippen LogP) is 1.08. The highest BCUT2D eigenvalue weighted by molar-refractivity contribution is 5.65. The maximum absolute atomic E-state index is 10.7. The van der Waals surface area contributed by atoms with Gasteiger partial charge in [-0.05, 0) is 19.9 Å². The fourth-order valence-corrected chi connectivity index (χ4v) is 1.84. The van der Waals surface area contributed by atoms with Crippen molar-refractivity contribution in [2.75, 3.05) is 26.2 Å². The van der Waals surface area contributed by atoms with Crippen molar-refractivity contribution in [3.05, 3.63) is 0 Å². The number of carboxylic acid groups (broad SMARTS) is 1. The van der Waals surface area contributed by atoms with Crippen LogP contribution in [0.2, 0.25) is 0 Å². The first-order valence-electron chi connectivity index (χ1n) is 4.87. The summed E-state index contributed by atoms with van der Waals surface area (Å²) in [5.41, 5.74) is 0. The van der Waals surface area contributed by atoms with Crippen molar-refractivity contribution in [1.29, 1.82) is 0 Å². The summed E-state index contributed by atoms with van der Waals surface area (Å²) in [5.74, 6) is 0. The smallest absolute Gasteiger partial charge is 0.407 e. The number of nitrogens with zero attached hydrogens (tertiary/aromatic N) is 2. The molecule has 1 aliphatic heterocycles. The van der Waals surface area contributed by atoms with Gasteiger partial charge in [0.25, 0.3) is 0 Å². The molecule has 4 nitrogen and oxygen atoms in total. The lowest BCUT2D eigenvalue weighted by Gasteiger charge is -2.38. The topological polar surface area (TPSA) is 43.8 Å². The number of piperazine rings is 1. The van der Waals surface area contributed by atoms with Crippen molar-refractivity contribution in [3.8, 4) is 0 Å². The van der Waals surface area contributed by atoms with E-state index in [1.54, 1.807) is 0 Å². The lowest BCUT2D eigenvalue weighted by molar-refractivity contribution is 0.0742. The zero-order valence-electron chi connectivity index (χ0n) is 8.36. The van der Waals surface area contributed by atoms with Gasteiger partial charge in [0, 0.05) is 25.7 Å². The van der Waals surface area contributed by atoms with E-state index < -0.39 is 6.09 Å². The van der Waals surface area contributed by atoms with Gasteiger partial charge in [-0.2, -0.15) is 0 Å². The Morgan fingerprint density at radius 2 is 2.23 bits per heavy atom. The summed E-state index contributed by atoms with van der Waals surface area (Å²) < 4.78 is 0. The Bertz CT molecular complexity index is 184. The normalized spacial score (nSPS) is 24.8. The van der Waals surface area contributed by atoms with Crippen molar-refractivity contribution < 1.29 is 9.90 Å². The lowest BCUT2D eigenvalue weighted by atomic mass is 10.2. The average Bonchev–Trinajstić information content (AvgIpc) is 2.04. The molecule has 1 amide bonds. The second-order valence-electron chi connectivity index (χ2n) is 3.63. The summed E-state index contributed by atoms with van der Waals surface area (Å²) in [6.07, 6.45) is 0.350. The van der Waals surface area contributed by atoms with Crippen molar-refractivity contribution in [1.82, 2.24) is 9.80 Å². The molecule has 13 heavy (non-hydrogen) atoms. The van der Waals surface area contributed by atoms with Gasteiger partial charge >= 0.3 is 6.09 Å². The van der Waals surface area contributed by atoms with Crippen molar-refractivity contribution >= 4 is 6.09 Å². The zero-order chi connectivity index (χ0) is 9.84. The third-order valence-electron chi connectivity index (χ3n) is 2.50. The van der Waals surface area contributed by atoms with Gasteiger partial charge in [-0.25, -0.2) is 4.79 Å². The quantitative estimate of drug-likeness (QED) is 0.701. The minimum Gasteiger partial charge on any atom is -0.465 e. The summed E-state index contributed by atoms with van der Waals surface area (Å²) in [6.45, 7) is 7.60. The van der Waals surface area contributed by atoms with Crippen LogP contribution in [-0.2, 0) is 0 Å². The molecule has 76 valence electrons. The third-order valence-corrected chi connectivity index (χ3v) is 2.50. The lowest BCUT2D eigenvalue weighted by Crippen LogP contribution is -2.53. The van der Waals surface area contributed by atoms with Gasteiger partial charge in [-0.3, -0.25) is 4.90 Å². The van der Waals surface area contributed by atoms with E-state index in [9.17, 15) is 4.79 Å². The summed E-state index contributed by atoms with van der Waals surface area (Å²) in [6, 6.07) is 0.137. The van der Waals surface area contributed by atoms with Crippen LogP contribution in [0.5, 0.6) is 0 Å². The van der Waals surface area contributed by atoms with E-state index in [2.05, 4.69) is 11.8 Å². The molecule has 0 spiro atoms. The van der Waals surface area contributed by atoms with Gasteiger partial charge in [0.2, 0.25) is 0 Å². The molecular formula is C9H18N2O2. The second kappa shape index (κ2) is 4.46. The van der Waals surface area contributed by atoms with Gasteiger partial charge < -0.3 is 10.0 Å². The van der Waals surface area contributed by atoms with Gasteiger partial charge in [0.1, 0.15) is 0 Å². The Morgan fingerprint density at radius 1 is 1.54 bits per heavy atom. The molecule has 0 aromatic rings. The van der Waals surface area contributed by atoms with Crippen LogP contribution < -0.4 is 0 Å². The highest BCUT2D eigenvalue weighted by atomic mass is 16.4. The Morgan fingerprint density at radius 3 is 2.69 bits per heavy atom. The van der Waals surface area contributed by atoms with Crippen LogP contribution in [0, 0.1) is 0 Å². The number of amides is 1. The predicted molar refractivity (Wildman–Crippen MR) is 50.9 cm³/mol. The molecule has 0 bridgehead atoms. The maximum Gasteiger partial charge on any atom is 0.407 e. The van der Waals surface area contributed by atoms with Crippen LogP contribution in [0.3, 0.4) is 0 Å². The minimum atomic E-state index is -0.788. The molecule has 0 aromatic heterocycles. The van der Waals surface area contributed by atoms with Crippen LogP contribution in [0.25, 0.3) is 0 Å². The van der Waals surface area contributed by atoms with E-state index in [0.717, 1.165) is 26.1 Å². The highest BCUT2D eigenvalue weighted by Gasteiger charge is 2.26. The molecule has 1 rings (SSSR count). The molecular weight excluding hydrogens is 168 g/mol. The SMILES string of the molecule is CCCN1CCN(C(=O)O)C(C)C1. The van der Waals surface area contributed by atoms with Gasteiger partial charge in [0.05, 0.1) is 0 Å². The van der Waals surface area contributed by atoms with Crippen molar-refractivity contribution in [2.24, 2.45) is 0 Å². The molecule has 0 aliphatic carbocycles. The van der Waals surface area contributed by atoms with E-state index in [1.807, 2.05) is 6.92 Å². The second-order valence-corrected chi connectivity index (χ2v) is 3.63. The summed E-state index contributed by atoms with van der Waals surface area (Å²) >= 11 is 0. The number of rotatable bonds is 2. The van der Waals surface area contributed by atoms with E-state index >= 15 is 0 Å². The molecule has 4 heteroatoms. The summed E-state index contributed by atoms with van der Waals surface area (Å²) in [5, 5.41) is 8.83. The van der Waals surface area contributed by atoms with Gasteiger partial charge in [-0.1, -0.05) is 6.92 Å². The molecule has 0 aromatic carbocycles. The number of hydrogen-bond donors (Lipinski definition) is 1. The molecule has 0 radical (unpaired) electrons. The zero-order valence-corrected chi connectivity index (χ0v) is 8.36. The van der Waals surface area contributed by atoms with Crippen LogP contribution in [-0.4, -0.2) is 53.2 Å². The monoisotopic (exact) mass is 186 g/mol. The van der Waals surface area contributed by atoms with E-state index in [0.29, 0.717) is 6.54 Å². The average molecular weight is 186 g/mol. The molecule has 1 fully saturated rings. The highest BCUT2D eigenvalue weighted by Crippen LogP contribution is 2.09. The van der Waals surface area contributed by atoms with E-state index in [-0.39, 0.29) is 6.04 Å². The first-order valence-corrected chi connectivity index (χ1v) is 4.87. The largest absolute Gasteiger partial charge is 0.465 e. The fourth-order valence-electron chi connectivity index (χ4n) is 1.84. The Balaban J connectivity index is 2.42. The van der Waals surface area contributed by atoms with Crippen LogP contribution >= 0.6 is 0 Å². The Labute approximate surface area is 79.1 Å². The fraction of sp³-hybridized carbons (Fsp3) is 0.889. The van der Waals surface area contributed by atoms with Crippen LogP contribution in [0.1, 0.15) is 20.3 Å². The molecule has 1 saturated heterocycles. The first kappa shape index (κ1) is 10.3. The number of hydrogen-bond acceptors (Lipinski definition) is 2. The van der Waals surface area contributed by atoms with Gasteiger partial charge in [-0.15, -0.1) is 0 Å². The number of carbonyl (C=O) groups is 1. The van der Waals surface area contributed by atoms with Crippen molar-refractivity contribution in [2.45, 2.75) is 26.3 Å². The molecule has 1 aliphatic rings. The van der Waals surface area contributed by atoms with E-state index in [1.165, 1.54) is 4.90 Å². The molecule has 0 saturated carbocycles.